The third kappa shape index (κ3) is 4.94. The van der Waals surface area contributed by atoms with Crippen molar-refractivity contribution < 1.29 is 4.79 Å². The van der Waals surface area contributed by atoms with Crippen LogP contribution in [-0.4, -0.2) is 43.0 Å². The molecule has 0 saturated heterocycles. The van der Waals surface area contributed by atoms with Crippen LogP contribution in [0.25, 0.3) is 0 Å². The Morgan fingerprint density at radius 1 is 1.38 bits per heavy atom. The Morgan fingerprint density at radius 3 is 2.62 bits per heavy atom. The van der Waals surface area contributed by atoms with E-state index in [1.165, 1.54) is 12.8 Å². The Labute approximate surface area is 98.6 Å². The van der Waals surface area contributed by atoms with Gasteiger partial charge in [0.2, 0.25) is 5.91 Å². The standard InChI is InChI=1S/C12H25N3O/c1-2-8-15(9-7-13)10-12(16)14-11-5-3-4-6-11/h11H,2-10,13H2,1H3,(H,14,16). The first-order valence-corrected chi connectivity index (χ1v) is 6.48. The van der Waals surface area contributed by atoms with Crippen LogP contribution in [0, 0.1) is 0 Å². The fourth-order valence-corrected chi connectivity index (χ4v) is 2.32. The zero-order valence-corrected chi connectivity index (χ0v) is 10.4. The molecular formula is C12H25N3O. The molecule has 0 unspecified atom stereocenters. The lowest BCUT2D eigenvalue weighted by Gasteiger charge is -2.21. The largest absolute Gasteiger partial charge is 0.352 e. The molecule has 0 aromatic rings. The van der Waals surface area contributed by atoms with Gasteiger partial charge in [0.1, 0.15) is 0 Å². The monoisotopic (exact) mass is 227 g/mol. The molecular weight excluding hydrogens is 202 g/mol. The van der Waals surface area contributed by atoms with E-state index in [2.05, 4.69) is 17.1 Å². The summed E-state index contributed by atoms with van der Waals surface area (Å²) >= 11 is 0. The Balaban J connectivity index is 2.23. The molecule has 1 saturated carbocycles. The van der Waals surface area contributed by atoms with E-state index in [0.717, 1.165) is 32.4 Å². The number of nitrogens with zero attached hydrogens (tertiary/aromatic N) is 1. The summed E-state index contributed by atoms with van der Waals surface area (Å²) in [5.41, 5.74) is 5.53. The first-order valence-electron chi connectivity index (χ1n) is 6.48. The third-order valence-corrected chi connectivity index (χ3v) is 3.07. The van der Waals surface area contributed by atoms with Crippen LogP contribution in [0.5, 0.6) is 0 Å². The molecule has 0 radical (unpaired) electrons. The van der Waals surface area contributed by atoms with Crippen LogP contribution in [0.1, 0.15) is 39.0 Å². The number of rotatable bonds is 7. The van der Waals surface area contributed by atoms with Gasteiger partial charge in [-0.25, -0.2) is 0 Å². The van der Waals surface area contributed by atoms with Gasteiger partial charge in [-0.05, 0) is 25.8 Å². The van der Waals surface area contributed by atoms with E-state index in [4.69, 9.17) is 5.73 Å². The van der Waals surface area contributed by atoms with Crippen molar-refractivity contribution in [3.63, 3.8) is 0 Å². The zero-order chi connectivity index (χ0) is 11.8. The number of nitrogens with two attached hydrogens (primary N) is 1. The van der Waals surface area contributed by atoms with E-state index in [0.29, 0.717) is 19.1 Å². The Kier molecular flexibility index (Phi) is 6.42. The van der Waals surface area contributed by atoms with E-state index in [-0.39, 0.29) is 5.91 Å². The average Bonchev–Trinajstić information content (AvgIpc) is 2.71. The van der Waals surface area contributed by atoms with Crippen molar-refractivity contribution in [1.82, 2.24) is 10.2 Å². The van der Waals surface area contributed by atoms with Gasteiger partial charge in [-0.2, -0.15) is 0 Å². The molecule has 94 valence electrons. The number of amides is 1. The summed E-state index contributed by atoms with van der Waals surface area (Å²) in [6, 6.07) is 0.425. The number of carbonyl (C=O) groups is 1. The molecule has 0 bridgehead atoms. The molecule has 1 fully saturated rings. The Hall–Kier alpha value is -0.610. The number of nitrogens with one attached hydrogen (secondary N) is 1. The highest BCUT2D eigenvalue weighted by Gasteiger charge is 2.18. The van der Waals surface area contributed by atoms with Crippen LogP contribution in [0.15, 0.2) is 0 Å². The lowest BCUT2D eigenvalue weighted by molar-refractivity contribution is -0.122. The van der Waals surface area contributed by atoms with Gasteiger partial charge in [0.05, 0.1) is 6.54 Å². The van der Waals surface area contributed by atoms with Crippen LogP contribution in [-0.2, 0) is 4.79 Å². The molecule has 1 rings (SSSR count). The first-order chi connectivity index (χ1) is 7.76. The molecule has 0 atom stereocenters. The molecule has 4 nitrogen and oxygen atoms in total. The molecule has 1 amide bonds. The molecule has 0 aliphatic heterocycles. The first kappa shape index (κ1) is 13.5. The molecule has 0 heterocycles. The highest BCUT2D eigenvalue weighted by atomic mass is 16.2. The van der Waals surface area contributed by atoms with Gasteiger partial charge in [-0.1, -0.05) is 19.8 Å². The quantitative estimate of drug-likeness (QED) is 0.673. The number of hydrogen-bond acceptors (Lipinski definition) is 3. The van der Waals surface area contributed by atoms with Gasteiger partial charge < -0.3 is 11.1 Å². The lowest BCUT2D eigenvalue weighted by atomic mass is 10.2. The topological polar surface area (TPSA) is 58.4 Å². The molecule has 0 spiro atoms. The summed E-state index contributed by atoms with van der Waals surface area (Å²) in [6.07, 6.45) is 5.88. The van der Waals surface area contributed by atoms with Crippen molar-refractivity contribution >= 4 is 5.91 Å². The van der Waals surface area contributed by atoms with Gasteiger partial charge in [0.15, 0.2) is 0 Å². The minimum absolute atomic E-state index is 0.161. The summed E-state index contributed by atoms with van der Waals surface area (Å²) in [4.78, 5) is 13.9. The highest BCUT2D eigenvalue weighted by molar-refractivity contribution is 5.78. The highest BCUT2D eigenvalue weighted by Crippen LogP contribution is 2.17. The van der Waals surface area contributed by atoms with Crippen molar-refractivity contribution in [3.8, 4) is 0 Å². The van der Waals surface area contributed by atoms with Crippen molar-refractivity contribution in [2.24, 2.45) is 5.73 Å². The van der Waals surface area contributed by atoms with Gasteiger partial charge in [-0.15, -0.1) is 0 Å². The minimum atomic E-state index is 0.161. The molecule has 1 aliphatic rings. The maximum Gasteiger partial charge on any atom is 0.234 e. The third-order valence-electron chi connectivity index (χ3n) is 3.07. The second-order valence-corrected chi connectivity index (χ2v) is 4.61. The van der Waals surface area contributed by atoms with E-state index in [9.17, 15) is 4.79 Å². The maximum absolute atomic E-state index is 11.8. The molecule has 0 aromatic heterocycles. The van der Waals surface area contributed by atoms with E-state index in [1.807, 2.05) is 0 Å². The zero-order valence-electron chi connectivity index (χ0n) is 10.4. The Morgan fingerprint density at radius 2 is 2.06 bits per heavy atom. The average molecular weight is 227 g/mol. The van der Waals surface area contributed by atoms with Gasteiger partial charge in [-0.3, -0.25) is 9.69 Å². The van der Waals surface area contributed by atoms with Gasteiger partial charge in [0.25, 0.3) is 0 Å². The van der Waals surface area contributed by atoms with E-state index < -0.39 is 0 Å². The predicted molar refractivity (Wildman–Crippen MR) is 66.2 cm³/mol. The summed E-state index contributed by atoms with van der Waals surface area (Å²) < 4.78 is 0. The van der Waals surface area contributed by atoms with Crippen LogP contribution in [0.4, 0.5) is 0 Å². The van der Waals surface area contributed by atoms with Crippen LogP contribution in [0.2, 0.25) is 0 Å². The molecule has 16 heavy (non-hydrogen) atoms. The molecule has 0 aromatic carbocycles. The second kappa shape index (κ2) is 7.63. The summed E-state index contributed by atoms with van der Waals surface area (Å²) in [7, 11) is 0. The summed E-state index contributed by atoms with van der Waals surface area (Å²) in [5.74, 6) is 0.161. The maximum atomic E-state index is 11.8. The number of hydrogen-bond donors (Lipinski definition) is 2. The molecule has 1 aliphatic carbocycles. The molecule has 4 heteroatoms. The SMILES string of the molecule is CCCN(CCN)CC(=O)NC1CCCC1. The lowest BCUT2D eigenvalue weighted by Crippen LogP contribution is -2.42. The predicted octanol–water partition coefficient (Wildman–Crippen LogP) is 0.716. The fourth-order valence-electron chi connectivity index (χ4n) is 2.32. The van der Waals surface area contributed by atoms with Crippen LogP contribution in [0.3, 0.4) is 0 Å². The fraction of sp³-hybridized carbons (Fsp3) is 0.917. The van der Waals surface area contributed by atoms with Crippen molar-refractivity contribution in [2.75, 3.05) is 26.2 Å². The second-order valence-electron chi connectivity index (χ2n) is 4.61. The van der Waals surface area contributed by atoms with Crippen molar-refractivity contribution in [1.29, 1.82) is 0 Å². The van der Waals surface area contributed by atoms with Gasteiger partial charge in [0, 0.05) is 19.1 Å². The normalized spacial score (nSPS) is 16.9. The van der Waals surface area contributed by atoms with Crippen molar-refractivity contribution in [2.45, 2.75) is 45.1 Å². The Bertz CT molecular complexity index is 196. The summed E-state index contributed by atoms with van der Waals surface area (Å²) in [5, 5.41) is 3.10. The van der Waals surface area contributed by atoms with Gasteiger partial charge >= 0.3 is 0 Å². The van der Waals surface area contributed by atoms with Crippen LogP contribution >= 0.6 is 0 Å². The van der Waals surface area contributed by atoms with E-state index in [1.54, 1.807) is 0 Å². The minimum Gasteiger partial charge on any atom is -0.352 e. The van der Waals surface area contributed by atoms with E-state index >= 15 is 0 Å². The number of carbonyl (C=O) groups excluding carboxylic acids is 1. The molecule has 3 N–H and O–H groups in total. The summed E-state index contributed by atoms with van der Waals surface area (Å²) in [6.45, 7) is 5.01. The van der Waals surface area contributed by atoms with Crippen LogP contribution < -0.4 is 11.1 Å². The smallest absolute Gasteiger partial charge is 0.234 e. The van der Waals surface area contributed by atoms with Crippen molar-refractivity contribution in [3.05, 3.63) is 0 Å².